The van der Waals surface area contributed by atoms with Gasteiger partial charge in [0, 0.05) is 23.3 Å². The number of hydrogen-bond acceptors (Lipinski definition) is 7. The summed E-state index contributed by atoms with van der Waals surface area (Å²) in [6.07, 6.45) is 0.0655. The maximum atomic E-state index is 11.9. The minimum absolute atomic E-state index is 0.0523. The molecule has 0 amide bonds. The predicted octanol–water partition coefficient (Wildman–Crippen LogP) is 2.97. The number of carbonyl (C=O) groups excluding carboxylic acids is 1. The van der Waals surface area contributed by atoms with Gasteiger partial charge in [0.05, 0.1) is 24.6 Å². The number of nitro groups is 1. The Bertz CT molecular complexity index is 792. The maximum Gasteiger partial charge on any atom is 0.309 e. The Morgan fingerprint density at radius 2 is 2.04 bits per heavy atom. The molecular weight excluding hydrogens is 342 g/mol. The third-order valence-electron chi connectivity index (χ3n) is 3.69. The molecule has 8 heteroatoms. The SMILES string of the molecule is O=C(CCOc1ccccc1)OCc1cc([N+](=O)[O-])cc2c1OCOC2. The molecule has 3 rings (SSSR count). The topological polar surface area (TPSA) is 97.1 Å². The van der Waals surface area contributed by atoms with Crippen LogP contribution in [0.2, 0.25) is 0 Å². The number of esters is 1. The first kappa shape index (κ1) is 17.7. The number of nitrogens with zero attached hydrogens (tertiary/aromatic N) is 1. The van der Waals surface area contributed by atoms with E-state index in [4.69, 9.17) is 18.9 Å². The molecule has 0 saturated carbocycles. The standard InChI is InChI=1S/C18H17NO7/c20-17(6-7-24-16-4-2-1-3-5-16)25-11-14-9-15(19(21)22)8-13-10-23-12-26-18(13)14/h1-5,8-9H,6-7,10-12H2. The lowest BCUT2D eigenvalue weighted by Gasteiger charge is -2.20. The number of rotatable bonds is 7. The number of nitro benzene ring substituents is 1. The Balaban J connectivity index is 1.57. The van der Waals surface area contributed by atoms with Gasteiger partial charge >= 0.3 is 5.97 Å². The first-order chi connectivity index (χ1) is 12.6. The maximum absolute atomic E-state index is 11.9. The lowest BCUT2D eigenvalue weighted by atomic mass is 10.1. The second-order valence-corrected chi connectivity index (χ2v) is 5.53. The summed E-state index contributed by atoms with van der Waals surface area (Å²) >= 11 is 0. The second kappa shape index (κ2) is 8.30. The molecule has 0 N–H and O–H groups in total. The highest BCUT2D eigenvalue weighted by atomic mass is 16.7. The molecule has 2 aromatic carbocycles. The van der Waals surface area contributed by atoms with Crippen molar-refractivity contribution in [2.24, 2.45) is 0 Å². The first-order valence-corrected chi connectivity index (χ1v) is 7.97. The Hall–Kier alpha value is -3.13. The molecule has 2 aromatic rings. The normalized spacial score (nSPS) is 12.6. The summed E-state index contributed by atoms with van der Waals surface area (Å²) in [6.45, 7) is 0.327. The zero-order valence-electron chi connectivity index (χ0n) is 13.9. The fourth-order valence-corrected chi connectivity index (χ4v) is 2.49. The van der Waals surface area contributed by atoms with E-state index in [1.165, 1.54) is 12.1 Å². The molecule has 136 valence electrons. The van der Waals surface area contributed by atoms with E-state index in [-0.39, 0.29) is 38.7 Å². The summed E-state index contributed by atoms with van der Waals surface area (Å²) in [4.78, 5) is 22.4. The molecule has 0 radical (unpaired) electrons. The van der Waals surface area contributed by atoms with Crippen LogP contribution in [0.3, 0.4) is 0 Å². The van der Waals surface area contributed by atoms with Crippen LogP contribution in [-0.2, 0) is 27.5 Å². The Morgan fingerprint density at radius 1 is 1.23 bits per heavy atom. The van der Waals surface area contributed by atoms with Crippen LogP contribution in [0.1, 0.15) is 17.5 Å². The zero-order chi connectivity index (χ0) is 18.4. The number of para-hydroxylation sites is 1. The van der Waals surface area contributed by atoms with Gasteiger partial charge in [-0.05, 0) is 12.1 Å². The van der Waals surface area contributed by atoms with Crippen LogP contribution in [0.4, 0.5) is 5.69 Å². The minimum Gasteiger partial charge on any atom is -0.493 e. The van der Waals surface area contributed by atoms with Gasteiger partial charge < -0.3 is 18.9 Å². The van der Waals surface area contributed by atoms with Gasteiger partial charge in [0.25, 0.3) is 5.69 Å². The van der Waals surface area contributed by atoms with Gasteiger partial charge in [-0.25, -0.2) is 0 Å². The van der Waals surface area contributed by atoms with Crippen LogP contribution >= 0.6 is 0 Å². The fourth-order valence-electron chi connectivity index (χ4n) is 2.49. The molecule has 0 fully saturated rings. The smallest absolute Gasteiger partial charge is 0.309 e. The van der Waals surface area contributed by atoms with Crippen molar-refractivity contribution in [1.29, 1.82) is 0 Å². The highest BCUT2D eigenvalue weighted by molar-refractivity contribution is 5.69. The number of ether oxygens (including phenoxy) is 4. The quantitative estimate of drug-likeness (QED) is 0.426. The van der Waals surface area contributed by atoms with Crippen molar-refractivity contribution in [3.63, 3.8) is 0 Å². The molecule has 0 aliphatic carbocycles. The summed E-state index contributed by atoms with van der Waals surface area (Å²) < 4.78 is 21.2. The van der Waals surface area contributed by atoms with Crippen LogP contribution in [0.15, 0.2) is 42.5 Å². The number of hydrogen-bond donors (Lipinski definition) is 0. The van der Waals surface area contributed by atoms with Crippen molar-refractivity contribution < 1.29 is 28.7 Å². The van der Waals surface area contributed by atoms with Gasteiger partial charge in [0.2, 0.25) is 0 Å². The van der Waals surface area contributed by atoms with E-state index in [9.17, 15) is 14.9 Å². The summed E-state index contributed by atoms with van der Waals surface area (Å²) in [5.74, 6) is 0.671. The van der Waals surface area contributed by atoms with Crippen LogP contribution in [-0.4, -0.2) is 24.3 Å². The molecule has 8 nitrogen and oxygen atoms in total. The van der Waals surface area contributed by atoms with Crippen molar-refractivity contribution in [2.75, 3.05) is 13.4 Å². The van der Waals surface area contributed by atoms with E-state index < -0.39 is 10.9 Å². The van der Waals surface area contributed by atoms with Crippen LogP contribution in [0, 0.1) is 10.1 Å². The molecule has 0 aromatic heterocycles. The molecule has 1 aliphatic rings. The highest BCUT2D eigenvalue weighted by Crippen LogP contribution is 2.33. The third kappa shape index (κ3) is 4.48. The van der Waals surface area contributed by atoms with Gasteiger partial charge in [-0.3, -0.25) is 14.9 Å². The van der Waals surface area contributed by atoms with Crippen molar-refractivity contribution in [1.82, 2.24) is 0 Å². The average Bonchev–Trinajstić information content (AvgIpc) is 2.66. The molecule has 0 unspecified atom stereocenters. The lowest BCUT2D eigenvalue weighted by molar-refractivity contribution is -0.385. The van der Waals surface area contributed by atoms with Crippen LogP contribution < -0.4 is 9.47 Å². The van der Waals surface area contributed by atoms with Crippen molar-refractivity contribution in [2.45, 2.75) is 19.6 Å². The van der Waals surface area contributed by atoms with Gasteiger partial charge in [0.1, 0.15) is 18.1 Å². The highest BCUT2D eigenvalue weighted by Gasteiger charge is 2.21. The van der Waals surface area contributed by atoms with E-state index in [1.54, 1.807) is 12.1 Å². The summed E-state index contributed by atoms with van der Waals surface area (Å²) in [5, 5.41) is 11.1. The molecular formula is C18H17NO7. The summed E-state index contributed by atoms with van der Waals surface area (Å²) in [5.41, 5.74) is 0.898. The second-order valence-electron chi connectivity index (χ2n) is 5.53. The average molecular weight is 359 g/mol. The Kier molecular flexibility index (Phi) is 5.65. The number of fused-ring (bicyclic) bond motifs is 1. The van der Waals surface area contributed by atoms with E-state index >= 15 is 0 Å². The van der Waals surface area contributed by atoms with Crippen LogP contribution in [0.5, 0.6) is 11.5 Å². The molecule has 0 atom stereocenters. The van der Waals surface area contributed by atoms with Gasteiger partial charge in [-0.1, -0.05) is 18.2 Å². The zero-order valence-corrected chi connectivity index (χ0v) is 13.9. The monoisotopic (exact) mass is 359 g/mol. The minimum atomic E-state index is -0.506. The first-order valence-electron chi connectivity index (χ1n) is 7.97. The fraction of sp³-hybridized carbons (Fsp3) is 0.278. The van der Waals surface area contributed by atoms with E-state index in [0.29, 0.717) is 22.6 Å². The number of benzene rings is 2. The number of carbonyl (C=O) groups is 1. The van der Waals surface area contributed by atoms with Gasteiger partial charge in [-0.2, -0.15) is 0 Å². The van der Waals surface area contributed by atoms with Crippen molar-refractivity contribution >= 4 is 11.7 Å². The lowest BCUT2D eigenvalue weighted by Crippen LogP contribution is -2.15. The van der Waals surface area contributed by atoms with Crippen molar-refractivity contribution in [3.8, 4) is 11.5 Å². The summed E-state index contributed by atoms with van der Waals surface area (Å²) in [6, 6.07) is 11.9. The van der Waals surface area contributed by atoms with E-state index in [0.717, 1.165) is 0 Å². The molecule has 0 saturated heterocycles. The van der Waals surface area contributed by atoms with Crippen LogP contribution in [0.25, 0.3) is 0 Å². The Labute approximate surface area is 149 Å². The third-order valence-corrected chi connectivity index (χ3v) is 3.69. The molecule has 26 heavy (non-hydrogen) atoms. The number of non-ortho nitro benzene ring substituents is 1. The molecule has 1 heterocycles. The Morgan fingerprint density at radius 3 is 2.81 bits per heavy atom. The molecule has 0 spiro atoms. The van der Waals surface area contributed by atoms with E-state index in [1.807, 2.05) is 18.2 Å². The van der Waals surface area contributed by atoms with E-state index in [2.05, 4.69) is 0 Å². The van der Waals surface area contributed by atoms with Gasteiger partial charge in [0.15, 0.2) is 6.79 Å². The predicted molar refractivity (Wildman–Crippen MR) is 89.7 cm³/mol. The largest absolute Gasteiger partial charge is 0.493 e. The van der Waals surface area contributed by atoms with Crippen molar-refractivity contribution in [3.05, 3.63) is 63.7 Å². The summed E-state index contributed by atoms with van der Waals surface area (Å²) in [7, 11) is 0. The van der Waals surface area contributed by atoms with Gasteiger partial charge in [-0.15, -0.1) is 0 Å². The molecule has 0 bridgehead atoms. The molecule has 1 aliphatic heterocycles.